The minimum Gasteiger partial charge on any atom is -0.481 e. The van der Waals surface area contributed by atoms with Crippen LogP contribution in [-0.2, 0) is 4.79 Å². The maximum Gasteiger partial charge on any atom is 0.355 e. The number of hydrogen-bond donors (Lipinski definition) is 0. The first-order valence-corrected chi connectivity index (χ1v) is 7.85. The summed E-state index contributed by atoms with van der Waals surface area (Å²) in [5.74, 6) is 1.46. The molecule has 4 rings (SSSR count). The fourth-order valence-corrected chi connectivity index (χ4v) is 2.90. The summed E-state index contributed by atoms with van der Waals surface area (Å²) < 4.78 is 22.0. The van der Waals surface area contributed by atoms with Gasteiger partial charge in [-0.05, 0) is 18.2 Å². The molecule has 0 radical (unpaired) electrons. The van der Waals surface area contributed by atoms with Gasteiger partial charge in [0, 0.05) is 12.3 Å². The third kappa shape index (κ3) is 2.41. The number of terminal acetylenes is 1. The topological polar surface area (TPSA) is 68.8 Å². The molecule has 0 bridgehead atoms. The van der Waals surface area contributed by atoms with Crippen molar-refractivity contribution in [3.05, 3.63) is 51.8 Å². The van der Waals surface area contributed by atoms with E-state index in [-0.39, 0.29) is 36.2 Å². The second kappa shape index (κ2) is 5.89. The summed E-state index contributed by atoms with van der Waals surface area (Å²) in [5.41, 5.74) is -0.163. The highest BCUT2D eigenvalue weighted by Crippen LogP contribution is 2.35. The van der Waals surface area contributed by atoms with E-state index in [4.69, 9.17) is 22.8 Å². The van der Waals surface area contributed by atoms with E-state index in [1.54, 1.807) is 6.07 Å². The van der Waals surface area contributed by atoms with Gasteiger partial charge in [-0.1, -0.05) is 17.5 Å². The molecule has 130 valence electrons. The van der Waals surface area contributed by atoms with Crippen LogP contribution in [0.15, 0.2) is 35.3 Å². The highest BCUT2D eigenvalue weighted by Gasteiger charge is 2.27. The smallest absolute Gasteiger partial charge is 0.355 e. The molecule has 0 saturated heterocycles. The van der Waals surface area contributed by atoms with Crippen LogP contribution in [0.25, 0.3) is 11.3 Å². The summed E-state index contributed by atoms with van der Waals surface area (Å²) >= 11 is 5.89. The van der Waals surface area contributed by atoms with Crippen molar-refractivity contribution in [2.24, 2.45) is 0 Å². The van der Waals surface area contributed by atoms with Crippen molar-refractivity contribution in [1.29, 1.82) is 0 Å². The zero-order chi connectivity index (χ0) is 18.4. The van der Waals surface area contributed by atoms with Crippen molar-refractivity contribution < 1.29 is 13.9 Å². The van der Waals surface area contributed by atoms with Crippen LogP contribution >= 0.6 is 11.6 Å². The van der Waals surface area contributed by atoms with Gasteiger partial charge in [-0.15, -0.1) is 11.5 Å². The Bertz CT molecular complexity index is 1160. The number of carbonyl (C=O) groups is 1. The standard InChI is InChI=1S/C17H10ClFN4O3/c1-2-5-21-13-7-12(11(19)6-14(13)26-9-16(21)24)23-17(25)22-8-10(18)3-4-15(22)20-23/h1,3-4,6-8H,5,9H2. The number of ether oxygens (including phenoxy) is 1. The van der Waals surface area contributed by atoms with Gasteiger partial charge >= 0.3 is 5.69 Å². The number of hydrogen-bond acceptors (Lipinski definition) is 4. The molecule has 2 aromatic heterocycles. The van der Waals surface area contributed by atoms with Gasteiger partial charge in [0.15, 0.2) is 18.1 Å². The summed E-state index contributed by atoms with van der Waals surface area (Å²) in [6.07, 6.45) is 6.69. The van der Waals surface area contributed by atoms with Gasteiger partial charge in [0.25, 0.3) is 5.91 Å². The second-order valence-electron chi connectivity index (χ2n) is 5.51. The molecule has 1 amide bonds. The van der Waals surface area contributed by atoms with Gasteiger partial charge in [0.05, 0.1) is 17.3 Å². The molecule has 1 aromatic carbocycles. The molecule has 0 spiro atoms. The van der Waals surface area contributed by atoms with Crippen LogP contribution in [0.1, 0.15) is 0 Å². The first-order valence-electron chi connectivity index (χ1n) is 7.47. The average Bonchev–Trinajstić information content (AvgIpc) is 2.93. The van der Waals surface area contributed by atoms with E-state index in [1.807, 2.05) is 0 Å². The molecule has 3 heterocycles. The van der Waals surface area contributed by atoms with E-state index in [0.717, 1.165) is 10.7 Å². The van der Waals surface area contributed by atoms with Crippen molar-refractivity contribution >= 4 is 28.8 Å². The number of fused-ring (bicyclic) bond motifs is 2. The average molecular weight is 373 g/mol. The minimum absolute atomic E-state index is 0.00403. The van der Waals surface area contributed by atoms with Gasteiger partial charge < -0.3 is 4.74 Å². The van der Waals surface area contributed by atoms with Crippen LogP contribution < -0.4 is 15.3 Å². The normalized spacial score (nSPS) is 13.4. The summed E-state index contributed by atoms with van der Waals surface area (Å²) in [5, 5.41) is 4.44. The summed E-state index contributed by atoms with van der Waals surface area (Å²) in [7, 11) is 0. The maximum atomic E-state index is 14.6. The summed E-state index contributed by atoms with van der Waals surface area (Å²) in [6.45, 7) is -0.240. The van der Waals surface area contributed by atoms with Gasteiger partial charge in [0.1, 0.15) is 11.4 Å². The van der Waals surface area contributed by atoms with Crippen molar-refractivity contribution in [3.8, 4) is 23.8 Å². The number of anilines is 1. The quantitative estimate of drug-likeness (QED) is 0.641. The number of nitrogens with zero attached hydrogens (tertiary/aromatic N) is 4. The lowest BCUT2D eigenvalue weighted by Crippen LogP contribution is -2.39. The van der Waals surface area contributed by atoms with Crippen LogP contribution in [0.2, 0.25) is 5.02 Å². The third-order valence-corrected chi connectivity index (χ3v) is 4.15. The van der Waals surface area contributed by atoms with E-state index in [9.17, 15) is 14.0 Å². The number of halogens is 2. The zero-order valence-electron chi connectivity index (χ0n) is 13.1. The van der Waals surface area contributed by atoms with Crippen molar-refractivity contribution in [3.63, 3.8) is 0 Å². The van der Waals surface area contributed by atoms with Crippen LogP contribution in [0, 0.1) is 18.2 Å². The Morgan fingerprint density at radius 1 is 1.31 bits per heavy atom. The molecule has 0 fully saturated rings. The zero-order valence-corrected chi connectivity index (χ0v) is 13.9. The Morgan fingerprint density at radius 2 is 2.12 bits per heavy atom. The lowest BCUT2D eigenvalue weighted by molar-refractivity contribution is -0.121. The largest absolute Gasteiger partial charge is 0.481 e. The predicted octanol–water partition coefficient (Wildman–Crippen LogP) is 1.64. The van der Waals surface area contributed by atoms with Crippen molar-refractivity contribution in [1.82, 2.24) is 14.2 Å². The maximum absolute atomic E-state index is 14.6. The Balaban J connectivity index is 1.94. The van der Waals surface area contributed by atoms with Crippen molar-refractivity contribution in [2.75, 3.05) is 18.1 Å². The molecule has 0 unspecified atom stereocenters. The predicted molar refractivity (Wildman–Crippen MR) is 92.4 cm³/mol. The molecule has 0 aliphatic carbocycles. The Kier molecular flexibility index (Phi) is 3.67. The Labute approximate surface area is 151 Å². The first-order chi connectivity index (χ1) is 12.5. The SMILES string of the molecule is C#CCN1C(=O)COc2cc(F)c(-n3nc4ccc(Cl)cn4c3=O)cc21. The van der Waals surface area contributed by atoms with Crippen molar-refractivity contribution in [2.45, 2.75) is 0 Å². The van der Waals surface area contributed by atoms with E-state index in [1.165, 1.54) is 27.6 Å². The number of pyridine rings is 1. The highest BCUT2D eigenvalue weighted by molar-refractivity contribution is 6.30. The summed E-state index contributed by atoms with van der Waals surface area (Å²) in [4.78, 5) is 25.9. The molecule has 9 heteroatoms. The fraction of sp³-hybridized carbons (Fsp3) is 0.118. The van der Waals surface area contributed by atoms with E-state index in [0.29, 0.717) is 10.7 Å². The van der Waals surface area contributed by atoms with Gasteiger partial charge in [-0.2, -0.15) is 4.68 Å². The van der Waals surface area contributed by atoms with Crippen LogP contribution in [0.3, 0.4) is 0 Å². The minimum atomic E-state index is -0.727. The van der Waals surface area contributed by atoms with Crippen LogP contribution in [-0.4, -0.2) is 33.2 Å². The molecule has 7 nitrogen and oxygen atoms in total. The Hall–Kier alpha value is -3.31. The van der Waals surface area contributed by atoms with Gasteiger partial charge in [-0.25, -0.2) is 13.6 Å². The second-order valence-corrected chi connectivity index (χ2v) is 5.95. The molecule has 1 aliphatic heterocycles. The lowest BCUT2D eigenvalue weighted by atomic mass is 10.2. The van der Waals surface area contributed by atoms with Crippen LogP contribution in [0.4, 0.5) is 10.1 Å². The number of amides is 1. The van der Waals surface area contributed by atoms with Gasteiger partial charge in [0.2, 0.25) is 0 Å². The van der Waals surface area contributed by atoms with E-state index >= 15 is 0 Å². The van der Waals surface area contributed by atoms with Crippen LogP contribution in [0.5, 0.6) is 5.75 Å². The lowest BCUT2D eigenvalue weighted by Gasteiger charge is -2.28. The molecular formula is C17H10ClFN4O3. The molecule has 3 aromatic rings. The molecule has 0 N–H and O–H groups in total. The number of carbonyl (C=O) groups excluding carboxylic acids is 1. The first kappa shape index (κ1) is 16.2. The van der Waals surface area contributed by atoms with E-state index < -0.39 is 11.5 Å². The molecular weight excluding hydrogens is 363 g/mol. The number of rotatable bonds is 2. The van der Waals surface area contributed by atoms with E-state index in [2.05, 4.69) is 11.0 Å². The molecule has 1 aliphatic rings. The monoisotopic (exact) mass is 372 g/mol. The molecule has 26 heavy (non-hydrogen) atoms. The molecule has 0 saturated carbocycles. The number of aromatic nitrogens is 3. The fourth-order valence-electron chi connectivity index (χ4n) is 2.74. The van der Waals surface area contributed by atoms with Gasteiger partial charge in [-0.3, -0.25) is 9.69 Å². The third-order valence-electron chi connectivity index (χ3n) is 3.93. The molecule has 0 atom stereocenters. The summed E-state index contributed by atoms with van der Waals surface area (Å²) in [6, 6.07) is 5.52. The Morgan fingerprint density at radius 3 is 2.88 bits per heavy atom. The number of benzene rings is 1. The highest BCUT2D eigenvalue weighted by atomic mass is 35.5.